The van der Waals surface area contributed by atoms with Crippen LogP contribution < -0.4 is 4.18 Å². The maximum Gasteiger partial charge on any atom is 0.534 e. The van der Waals surface area contributed by atoms with Crippen LogP contribution >= 0.6 is 0 Å². The fraction of sp³-hybridized carbons (Fsp3) is 0.267. The zero-order valence-electron chi connectivity index (χ0n) is 22.6. The highest BCUT2D eigenvalue weighted by Gasteiger charge is 2.48. The number of hydrogen-bond donors (Lipinski definition) is 0. The molecule has 1 aliphatic rings. The molecule has 0 amide bonds. The molecule has 1 aliphatic heterocycles. The number of aldehydes is 1. The molecule has 11 heteroatoms. The molecule has 0 fully saturated rings. The molecule has 41 heavy (non-hydrogen) atoms. The number of alkyl halides is 3. The second kappa shape index (κ2) is 12.7. The molecule has 0 spiro atoms. The van der Waals surface area contributed by atoms with E-state index in [9.17, 15) is 26.4 Å². The SMILES string of the molecule is CC(=NC1=C(C=O)CN(Cc2ccc(OS(=O)(=O)C(F)(F)F)cc2)CC1)N(C)C(c1ccccc1)c1ccccc1. The summed E-state index contributed by atoms with van der Waals surface area (Å²) in [6, 6.07) is 25.5. The third kappa shape index (κ3) is 7.42. The van der Waals surface area contributed by atoms with Crippen molar-refractivity contribution in [2.45, 2.75) is 31.4 Å². The molecule has 3 aromatic rings. The highest BCUT2D eigenvalue weighted by atomic mass is 32.2. The van der Waals surface area contributed by atoms with Gasteiger partial charge in [0.25, 0.3) is 0 Å². The van der Waals surface area contributed by atoms with Gasteiger partial charge in [-0.05, 0) is 35.7 Å². The Morgan fingerprint density at radius 1 is 1.00 bits per heavy atom. The Labute approximate surface area is 237 Å². The Balaban J connectivity index is 1.47. The second-order valence-electron chi connectivity index (χ2n) is 9.67. The molecule has 0 aromatic heterocycles. The molecule has 0 unspecified atom stereocenters. The van der Waals surface area contributed by atoms with Crippen molar-refractivity contribution >= 4 is 22.2 Å². The fourth-order valence-electron chi connectivity index (χ4n) is 4.66. The Morgan fingerprint density at radius 3 is 2.07 bits per heavy atom. The van der Waals surface area contributed by atoms with Gasteiger partial charge < -0.3 is 9.08 Å². The summed E-state index contributed by atoms with van der Waals surface area (Å²) in [5, 5.41) is 0. The Hall–Kier alpha value is -3.96. The average molecular weight is 586 g/mol. The van der Waals surface area contributed by atoms with Crippen molar-refractivity contribution in [1.29, 1.82) is 0 Å². The summed E-state index contributed by atoms with van der Waals surface area (Å²) >= 11 is 0. The van der Waals surface area contributed by atoms with Crippen LogP contribution in [0.25, 0.3) is 0 Å². The summed E-state index contributed by atoms with van der Waals surface area (Å²) in [7, 11) is -3.75. The first-order valence-electron chi connectivity index (χ1n) is 12.9. The van der Waals surface area contributed by atoms with Gasteiger partial charge in [-0.3, -0.25) is 9.69 Å². The van der Waals surface area contributed by atoms with Crippen LogP contribution in [0.2, 0.25) is 0 Å². The minimum absolute atomic E-state index is 0.0698. The van der Waals surface area contributed by atoms with E-state index in [0.717, 1.165) is 28.8 Å². The molecule has 0 bridgehead atoms. The smallest absolute Gasteiger partial charge is 0.376 e. The number of rotatable bonds is 9. The van der Waals surface area contributed by atoms with Crippen molar-refractivity contribution in [3.63, 3.8) is 0 Å². The first-order chi connectivity index (χ1) is 19.5. The first kappa shape index (κ1) is 30.0. The fourth-order valence-corrected chi connectivity index (χ4v) is 5.12. The maximum atomic E-state index is 12.6. The van der Waals surface area contributed by atoms with Gasteiger partial charge in [0, 0.05) is 38.7 Å². The lowest BCUT2D eigenvalue weighted by Gasteiger charge is -2.32. The number of hydrogen-bond acceptors (Lipinski definition) is 6. The Morgan fingerprint density at radius 2 is 1.56 bits per heavy atom. The van der Waals surface area contributed by atoms with Gasteiger partial charge in [-0.25, -0.2) is 4.99 Å². The number of carbonyl (C=O) groups is 1. The van der Waals surface area contributed by atoms with E-state index in [2.05, 4.69) is 33.3 Å². The minimum Gasteiger partial charge on any atom is -0.376 e. The predicted molar refractivity (Wildman–Crippen MR) is 151 cm³/mol. The lowest BCUT2D eigenvalue weighted by Crippen LogP contribution is -2.33. The lowest BCUT2D eigenvalue weighted by molar-refractivity contribution is -0.105. The van der Waals surface area contributed by atoms with Gasteiger partial charge in [-0.15, -0.1) is 0 Å². The number of carbonyl (C=O) groups excluding carboxylic acids is 1. The monoisotopic (exact) mass is 585 g/mol. The van der Waals surface area contributed by atoms with Crippen LogP contribution in [0.3, 0.4) is 0 Å². The number of halogens is 3. The summed E-state index contributed by atoms with van der Waals surface area (Å²) in [6.45, 7) is 3.28. The van der Waals surface area contributed by atoms with Gasteiger partial charge in [0.05, 0.1) is 11.7 Å². The van der Waals surface area contributed by atoms with Crippen LogP contribution in [0.1, 0.15) is 36.1 Å². The predicted octanol–water partition coefficient (Wildman–Crippen LogP) is 5.71. The topological polar surface area (TPSA) is 79.3 Å². The number of benzene rings is 3. The highest BCUT2D eigenvalue weighted by Crippen LogP contribution is 2.30. The summed E-state index contributed by atoms with van der Waals surface area (Å²) in [4.78, 5) is 21.0. The molecule has 4 rings (SSSR count). The molecule has 0 radical (unpaired) electrons. The van der Waals surface area contributed by atoms with Gasteiger partial charge in [0.15, 0.2) is 0 Å². The molecule has 1 heterocycles. The molecule has 0 N–H and O–H groups in total. The summed E-state index contributed by atoms with van der Waals surface area (Å²) in [6.07, 6.45) is 1.34. The Bertz CT molecular complexity index is 1470. The molecule has 0 atom stereocenters. The molecular weight excluding hydrogens is 555 g/mol. The number of aliphatic imine (C=N–C) groups is 1. The van der Waals surface area contributed by atoms with E-state index in [1.54, 1.807) is 0 Å². The van der Waals surface area contributed by atoms with Crippen molar-refractivity contribution < 1.29 is 30.6 Å². The molecule has 0 aliphatic carbocycles. The second-order valence-corrected chi connectivity index (χ2v) is 11.2. The van der Waals surface area contributed by atoms with Gasteiger partial charge in [-0.2, -0.15) is 21.6 Å². The summed E-state index contributed by atoms with van der Waals surface area (Å²) in [5.74, 6) is 0.327. The molecule has 7 nitrogen and oxygen atoms in total. The number of amidine groups is 1. The molecular formula is C30H30F3N3O4S. The van der Waals surface area contributed by atoms with Crippen molar-refractivity contribution in [1.82, 2.24) is 9.80 Å². The normalized spacial score (nSPS) is 15.2. The van der Waals surface area contributed by atoms with Crippen LogP contribution in [-0.2, 0) is 21.5 Å². The quantitative estimate of drug-likeness (QED) is 0.105. The van der Waals surface area contributed by atoms with Crippen LogP contribution in [0.15, 0.2) is 101 Å². The standard InChI is InChI=1S/C30H30F3N3O4S/c1-22(35(2)29(24-9-5-3-6-10-24)25-11-7-4-8-12-25)34-28-17-18-36(20-26(28)21-37)19-23-13-15-27(16-14-23)40-41(38,39)30(31,32)33/h3-16,21,29H,17-20H2,1-2H3. The van der Waals surface area contributed by atoms with Crippen molar-refractivity contribution in [3.8, 4) is 5.75 Å². The zero-order valence-corrected chi connectivity index (χ0v) is 23.4. The summed E-state index contributed by atoms with van der Waals surface area (Å²) in [5.41, 5.74) is -1.29. The molecule has 0 saturated heterocycles. The highest BCUT2D eigenvalue weighted by molar-refractivity contribution is 7.88. The zero-order chi connectivity index (χ0) is 29.6. The molecule has 216 valence electrons. The Kier molecular flexibility index (Phi) is 9.29. The van der Waals surface area contributed by atoms with Gasteiger partial charge in [0.1, 0.15) is 17.9 Å². The van der Waals surface area contributed by atoms with Gasteiger partial charge >= 0.3 is 15.6 Å². The van der Waals surface area contributed by atoms with E-state index >= 15 is 0 Å². The first-order valence-corrected chi connectivity index (χ1v) is 14.3. The molecule has 0 saturated carbocycles. The third-order valence-corrected chi connectivity index (χ3v) is 7.79. The molecule has 3 aromatic carbocycles. The van der Waals surface area contributed by atoms with E-state index in [-0.39, 0.29) is 6.04 Å². The lowest BCUT2D eigenvalue weighted by atomic mass is 9.97. The third-order valence-electron chi connectivity index (χ3n) is 6.82. The van der Waals surface area contributed by atoms with Gasteiger partial charge in [-0.1, -0.05) is 72.8 Å². The van der Waals surface area contributed by atoms with Crippen LogP contribution in [0.4, 0.5) is 13.2 Å². The minimum atomic E-state index is -5.73. The van der Waals surface area contributed by atoms with Crippen molar-refractivity contribution in [2.75, 3.05) is 20.1 Å². The van der Waals surface area contributed by atoms with E-state index in [0.29, 0.717) is 37.3 Å². The van der Waals surface area contributed by atoms with E-state index in [1.165, 1.54) is 24.3 Å². The number of nitrogens with zero attached hydrogens (tertiary/aromatic N) is 3. The van der Waals surface area contributed by atoms with Crippen molar-refractivity contribution in [2.24, 2.45) is 4.99 Å². The van der Waals surface area contributed by atoms with E-state index in [4.69, 9.17) is 4.99 Å². The largest absolute Gasteiger partial charge is 0.534 e. The maximum absolute atomic E-state index is 12.6. The van der Waals surface area contributed by atoms with E-state index in [1.807, 2.05) is 55.3 Å². The van der Waals surface area contributed by atoms with Crippen LogP contribution in [0.5, 0.6) is 5.75 Å². The van der Waals surface area contributed by atoms with Crippen LogP contribution in [0, 0.1) is 0 Å². The average Bonchev–Trinajstić information content (AvgIpc) is 2.95. The van der Waals surface area contributed by atoms with Gasteiger partial charge in [0.2, 0.25) is 0 Å². The van der Waals surface area contributed by atoms with Crippen LogP contribution in [-0.4, -0.2) is 56.0 Å². The van der Waals surface area contributed by atoms with Crippen molar-refractivity contribution in [3.05, 3.63) is 113 Å². The summed E-state index contributed by atoms with van der Waals surface area (Å²) < 4.78 is 64.3. The van der Waals surface area contributed by atoms with E-state index < -0.39 is 21.4 Å².